The van der Waals surface area contributed by atoms with Crippen LogP contribution in [-0.2, 0) is 9.59 Å². The maximum absolute atomic E-state index is 12.5. The predicted octanol–water partition coefficient (Wildman–Crippen LogP) is 3.23. The largest absolute Gasteiger partial charge is 0.349 e. The molecule has 0 aromatic heterocycles. The molecule has 0 unspecified atom stereocenters. The number of carbonyl (C=O) groups excluding carboxylic acids is 2. The van der Waals surface area contributed by atoms with Crippen LogP contribution in [-0.4, -0.2) is 18.4 Å². The highest BCUT2D eigenvalue weighted by atomic mass is 16.2. The fourth-order valence-electron chi connectivity index (χ4n) is 3.01. The van der Waals surface area contributed by atoms with E-state index in [1.807, 2.05) is 68.4 Å². The van der Waals surface area contributed by atoms with E-state index in [2.05, 4.69) is 5.32 Å². The Morgan fingerprint density at radius 1 is 1.12 bits per heavy atom. The summed E-state index contributed by atoms with van der Waals surface area (Å²) in [6.07, 6.45) is 0.265. The maximum Gasteiger partial charge on any atom is 0.227 e. The highest BCUT2D eigenvalue weighted by Crippen LogP contribution is 2.26. The van der Waals surface area contributed by atoms with E-state index in [0.717, 1.165) is 16.8 Å². The monoisotopic (exact) mass is 322 g/mol. The molecule has 0 bridgehead atoms. The van der Waals surface area contributed by atoms with Gasteiger partial charge in [-0.25, -0.2) is 0 Å². The van der Waals surface area contributed by atoms with Crippen molar-refractivity contribution in [3.63, 3.8) is 0 Å². The van der Waals surface area contributed by atoms with Crippen LogP contribution in [0.4, 0.5) is 5.69 Å². The lowest BCUT2D eigenvalue weighted by Crippen LogP contribution is -2.34. The maximum atomic E-state index is 12.5. The molecule has 0 aliphatic carbocycles. The highest BCUT2D eigenvalue weighted by Gasteiger charge is 2.35. The van der Waals surface area contributed by atoms with Crippen LogP contribution in [0.5, 0.6) is 0 Å². The van der Waals surface area contributed by atoms with Crippen LogP contribution in [0.25, 0.3) is 0 Å². The summed E-state index contributed by atoms with van der Waals surface area (Å²) in [6.45, 7) is 4.41. The van der Waals surface area contributed by atoms with E-state index >= 15 is 0 Å². The van der Waals surface area contributed by atoms with E-state index in [4.69, 9.17) is 0 Å². The summed E-state index contributed by atoms with van der Waals surface area (Å²) >= 11 is 0. The fourth-order valence-corrected chi connectivity index (χ4v) is 3.01. The third-order valence-electron chi connectivity index (χ3n) is 4.50. The number of carbonyl (C=O) groups is 2. The van der Waals surface area contributed by atoms with Gasteiger partial charge in [0.2, 0.25) is 11.8 Å². The molecule has 1 saturated heterocycles. The van der Waals surface area contributed by atoms with Crippen molar-refractivity contribution in [1.82, 2.24) is 5.32 Å². The second-order valence-corrected chi connectivity index (χ2v) is 6.38. The molecular formula is C20H22N2O2. The van der Waals surface area contributed by atoms with Gasteiger partial charge in [0.15, 0.2) is 0 Å². The minimum Gasteiger partial charge on any atom is -0.349 e. The molecule has 1 N–H and O–H groups in total. The van der Waals surface area contributed by atoms with Crippen LogP contribution >= 0.6 is 0 Å². The zero-order valence-corrected chi connectivity index (χ0v) is 14.0. The summed E-state index contributed by atoms with van der Waals surface area (Å²) in [7, 11) is 0. The Bertz CT molecular complexity index is 725. The zero-order valence-electron chi connectivity index (χ0n) is 14.0. The highest BCUT2D eigenvalue weighted by molar-refractivity contribution is 6.00. The van der Waals surface area contributed by atoms with Crippen LogP contribution in [0, 0.1) is 12.8 Å². The topological polar surface area (TPSA) is 49.4 Å². The van der Waals surface area contributed by atoms with E-state index < -0.39 is 0 Å². The number of nitrogens with zero attached hydrogens (tertiary/aromatic N) is 1. The van der Waals surface area contributed by atoms with Gasteiger partial charge in [0.05, 0.1) is 12.0 Å². The Hall–Kier alpha value is -2.62. The summed E-state index contributed by atoms with van der Waals surface area (Å²) < 4.78 is 0. The average molecular weight is 322 g/mol. The van der Waals surface area contributed by atoms with E-state index in [1.54, 1.807) is 4.90 Å². The Kier molecular flexibility index (Phi) is 4.65. The molecule has 4 nitrogen and oxygen atoms in total. The van der Waals surface area contributed by atoms with Gasteiger partial charge >= 0.3 is 0 Å². The van der Waals surface area contributed by atoms with E-state index in [-0.39, 0.29) is 30.2 Å². The summed E-state index contributed by atoms with van der Waals surface area (Å²) in [5.41, 5.74) is 3.07. The number of rotatable bonds is 4. The molecule has 2 aromatic carbocycles. The second-order valence-electron chi connectivity index (χ2n) is 6.38. The first kappa shape index (κ1) is 16.2. The molecule has 0 saturated carbocycles. The van der Waals surface area contributed by atoms with Gasteiger partial charge in [-0.15, -0.1) is 0 Å². The van der Waals surface area contributed by atoms with Crippen molar-refractivity contribution in [1.29, 1.82) is 0 Å². The molecule has 2 aromatic rings. The van der Waals surface area contributed by atoms with E-state index in [9.17, 15) is 9.59 Å². The standard InChI is InChI=1S/C20H22N2O2/c1-14-8-10-18(11-9-14)22-13-17(12-19(22)23)20(24)21-15(2)16-6-4-3-5-7-16/h3-11,15,17H,12-13H2,1-2H3,(H,21,24)/t15-,17-/m0/s1. The van der Waals surface area contributed by atoms with E-state index in [1.165, 1.54) is 0 Å². The van der Waals surface area contributed by atoms with Crippen molar-refractivity contribution in [2.24, 2.45) is 5.92 Å². The van der Waals surface area contributed by atoms with Crippen molar-refractivity contribution in [3.8, 4) is 0 Å². The Morgan fingerprint density at radius 2 is 1.79 bits per heavy atom. The number of hydrogen-bond donors (Lipinski definition) is 1. The molecule has 2 atom stereocenters. The molecule has 1 heterocycles. The van der Waals surface area contributed by atoms with Crippen molar-refractivity contribution in [2.75, 3.05) is 11.4 Å². The van der Waals surface area contributed by atoms with Crippen molar-refractivity contribution in [3.05, 3.63) is 65.7 Å². The number of benzene rings is 2. The summed E-state index contributed by atoms with van der Waals surface area (Å²) in [5, 5.41) is 3.02. The first-order valence-electron chi connectivity index (χ1n) is 8.27. The predicted molar refractivity (Wildman–Crippen MR) is 94.6 cm³/mol. The first-order valence-corrected chi connectivity index (χ1v) is 8.27. The molecule has 0 radical (unpaired) electrons. The number of hydrogen-bond acceptors (Lipinski definition) is 2. The van der Waals surface area contributed by atoms with Crippen LogP contribution in [0.15, 0.2) is 54.6 Å². The first-order chi connectivity index (χ1) is 11.5. The fraction of sp³-hybridized carbons (Fsp3) is 0.300. The summed E-state index contributed by atoms with van der Waals surface area (Å²) in [4.78, 5) is 26.5. The lowest BCUT2D eigenvalue weighted by molar-refractivity contribution is -0.126. The summed E-state index contributed by atoms with van der Waals surface area (Å²) in [6, 6.07) is 17.6. The Balaban J connectivity index is 1.64. The molecule has 0 spiro atoms. The number of aryl methyl sites for hydroxylation is 1. The quantitative estimate of drug-likeness (QED) is 0.939. The third-order valence-corrected chi connectivity index (χ3v) is 4.50. The van der Waals surface area contributed by atoms with Crippen LogP contribution in [0.2, 0.25) is 0 Å². The summed E-state index contributed by atoms with van der Waals surface area (Å²) in [5.74, 6) is -0.356. The average Bonchev–Trinajstić information content (AvgIpc) is 2.98. The molecule has 4 heteroatoms. The lowest BCUT2D eigenvalue weighted by atomic mass is 10.1. The lowest BCUT2D eigenvalue weighted by Gasteiger charge is -2.19. The smallest absolute Gasteiger partial charge is 0.227 e. The van der Waals surface area contributed by atoms with Gasteiger partial charge in [0.25, 0.3) is 0 Å². The van der Waals surface area contributed by atoms with Crippen LogP contribution < -0.4 is 10.2 Å². The van der Waals surface area contributed by atoms with Gasteiger partial charge in [-0.3, -0.25) is 9.59 Å². The zero-order chi connectivity index (χ0) is 17.1. The van der Waals surface area contributed by atoms with Gasteiger partial charge < -0.3 is 10.2 Å². The van der Waals surface area contributed by atoms with Gasteiger partial charge in [0.1, 0.15) is 0 Å². The molecule has 1 fully saturated rings. The van der Waals surface area contributed by atoms with Gasteiger partial charge in [-0.2, -0.15) is 0 Å². The third kappa shape index (κ3) is 3.48. The van der Waals surface area contributed by atoms with Crippen LogP contribution in [0.1, 0.15) is 30.5 Å². The number of amides is 2. The molecule has 1 aliphatic heterocycles. The second kappa shape index (κ2) is 6.87. The molecule has 24 heavy (non-hydrogen) atoms. The minimum atomic E-state index is -0.301. The normalized spacial score (nSPS) is 18.5. The van der Waals surface area contributed by atoms with Crippen molar-refractivity contribution >= 4 is 17.5 Å². The van der Waals surface area contributed by atoms with Crippen molar-refractivity contribution < 1.29 is 9.59 Å². The Labute approximate surface area is 142 Å². The van der Waals surface area contributed by atoms with Gasteiger partial charge in [-0.05, 0) is 31.5 Å². The number of anilines is 1. The molecule has 1 aliphatic rings. The molecule has 3 rings (SSSR count). The van der Waals surface area contributed by atoms with E-state index in [0.29, 0.717) is 6.54 Å². The molecule has 2 amide bonds. The molecule has 124 valence electrons. The van der Waals surface area contributed by atoms with Gasteiger partial charge in [0, 0.05) is 18.7 Å². The minimum absolute atomic E-state index is 0.00590. The van der Waals surface area contributed by atoms with Crippen molar-refractivity contribution in [2.45, 2.75) is 26.3 Å². The Morgan fingerprint density at radius 3 is 2.46 bits per heavy atom. The van der Waals surface area contributed by atoms with Gasteiger partial charge in [-0.1, -0.05) is 48.0 Å². The molecular weight excluding hydrogens is 300 g/mol. The number of nitrogens with one attached hydrogen (secondary N) is 1. The SMILES string of the molecule is Cc1ccc(N2C[C@@H](C(=O)N[C@@H](C)c3ccccc3)CC2=O)cc1. The van der Waals surface area contributed by atoms with Crippen LogP contribution in [0.3, 0.4) is 0 Å².